The topological polar surface area (TPSA) is 79.4 Å². The van der Waals surface area contributed by atoms with Crippen LogP contribution in [0.5, 0.6) is 5.75 Å². The number of benzene rings is 1. The number of aromatic nitrogens is 1. The van der Waals surface area contributed by atoms with E-state index in [0.29, 0.717) is 17.5 Å². The number of hydrogen-bond acceptors (Lipinski definition) is 4. The monoisotopic (exact) mass is 527 g/mol. The summed E-state index contributed by atoms with van der Waals surface area (Å²) in [4.78, 5) is 27.1. The Morgan fingerprint density at radius 3 is 2.13 bits per heavy atom. The molecule has 0 amide bonds. The second-order valence-corrected chi connectivity index (χ2v) is 9.03. The average molecular weight is 527 g/mol. The first kappa shape index (κ1) is 24.7. The maximum absolute atomic E-state index is 12.5. The molecule has 1 heterocycles. The van der Waals surface area contributed by atoms with E-state index in [1.54, 1.807) is 12.1 Å². The van der Waals surface area contributed by atoms with Gasteiger partial charge in [0, 0.05) is 8.96 Å². The zero-order valence-corrected chi connectivity index (χ0v) is 20.1. The summed E-state index contributed by atoms with van der Waals surface area (Å²) in [5.74, 6) is -1.22. The number of pyridine rings is 1. The number of fused-ring (bicyclic) bond motifs is 1. The van der Waals surface area contributed by atoms with Gasteiger partial charge in [-0.15, -0.1) is 0 Å². The molecule has 1 aromatic heterocycles. The molecule has 1 aromatic carbocycles. The number of hydrogen-bond donors (Lipinski definition) is 2. The quantitative estimate of drug-likeness (QED) is 0.163. The summed E-state index contributed by atoms with van der Waals surface area (Å²) in [6, 6.07) is 5.32. The van der Waals surface area contributed by atoms with Crippen LogP contribution < -0.4 is 5.56 Å². The highest BCUT2D eigenvalue weighted by Gasteiger charge is 2.21. The van der Waals surface area contributed by atoms with Gasteiger partial charge >= 0.3 is 5.97 Å². The molecule has 2 N–H and O–H groups in total. The summed E-state index contributed by atoms with van der Waals surface area (Å²) < 4.78 is 6.14. The van der Waals surface area contributed by atoms with Crippen LogP contribution in [0.15, 0.2) is 23.0 Å². The van der Waals surface area contributed by atoms with Gasteiger partial charge in [-0.1, -0.05) is 83.6 Å². The number of H-pyrrole nitrogens is 1. The number of aromatic hydroxyl groups is 1. The number of carbonyl (C=O) groups excluding carboxylic acids is 1. The minimum absolute atomic E-state index is 0.0438. The molecular weight excluding hydrogens is 493 g/mol. The largest absolute Gasteiger partial charge is 0.502 e. The van der Waals surface area contributed by atoms with Crippen molar-refractivity contribution < 1.29 is 14.6 Å². The van der Waals surface area contributed by atoms with Crippen LogP contribution in [0.25, 0.3) is 10.9 Å². The van der Waals surface area contributed by atoms with E-state index >= 15 is 0 Å². The Morgan fingerprint density at radius 1 is 0.967 bits per heavy atom. The average Bonchev–Trinajstić information content (AvgIpc) is 2.72. The number of esters is 1. The lowest BCUT2D eigenvalue weighted by molar-refractivity contribution is 0.0496. The maximum Gasteiger partial charge on any atom is 0.342 e. The lowest BCUT2D eigenvalue weighted by atomic mass is 10.1. The van der Waals surface area contributed by atoms with Crippen LogP contribution in [0.3, 0.4) is 0 Å². The van der Waals surface area contributed by atoms with Crippen molar-refractivity contribution in [2.75, 3.05) is 6.61 Å². The molecule has 0 aliphatic rings. The number of unbranched alkanes of at least 4 members (excludes halogenated alkanes) is 11. The minimum Gasteiger partial charge on any atom is -0.502 e. The lowest BCUT2D eigenvalue weighted by Crippen LogP contribution is -2.15. The van der Waals surface area contributed by atoms with Crippen molar-refractivity contribution in [2.45, 2.75) is 84.0 Å². The fourth-order valence-electron chi connectivity index (χ4n) is 3.67. The van der Waals surface area contributed by atoms with Gasteiger partial charge in [0.25, 0.3) is 5.56 Å². The standard InChI is InChI=1S/C24H34INO4/c1-2-3-4-5-6-7-8-9-10-11-12-13-17-30-24(29)21-20-18(25)15-14-16-19(20)26-23(28)22(21)27/h14-16,27H,2-13,17H2,1H3,(H,26,28). The van der Waals surface area contributed by atoms with Crippen molar-refractivity contribution in [1.29, 1.82) is 0 Å². The highest BCUT2D eigenvalue weighted by Crippen LogP contribution is 2.27. The van der Waals surface area contributed by atoms with Gasteiger partial charge in [0.05, 0.1) is 12.1 Å². The molecule has 166 valence electrons. The van der Waals surface area contributed by atoms with E-state index in [1.807, 2.05) is 6.07 Å². The van der Waals surface area contributed by atoms with E-state index in [4.69, 9.17) is 4.74 Å². The molecule has 5 nitrogen and oxygen atoms in total. The third-order valence-corrected chi connectivity index (χ3v) is 6.30. The van der Waals surface area contributed by atoms with E-state index < -0.39 is 17.3 Å². The van der Waals surface area contributed by atoms with Crippen LogP contribution in [-0.4, -0.2) is 22.7 Å². The SMILES string of the molecule is CCCCCCCCCCCCCCOC(=O)c1c(O)c(=O)[nH]c2cccc(I)c12. The molecule has 0 aliphatic heterocycles. The fraction of sp³-hybridized carbons (Fsp3) is 0.583. The molecule has 2 rings (SSSR count). The Morgan fingerprint density at radius 2 is 1.53 bits per heavy atom. The van der Waals surface area contributed by atoms with Crippen LogP contribution in [0, 0.1) is 3.57 Å². The highest BCUT2D eigenvalue weighted by atomic mass is 127. The molecule has 0 atom stereocenters. The molecule has 30 heavy (non-hydrogen) atoms. The van der Waals surface area contributed by atoms with Crippen LogP contribution in [0.1, 0.15) is 94.3 Å². The Labute approximate surface area is 192 Å². The molecular formula is C24H34INO4. The molecule has 0 radical (unpaired) electrons. The predicted molar refractivity (Wildman–Crippen MR) is 130 cm³/mol. The van der Waals surface area contributed by atoms with Gasteiger partial charge < -0.3 is 14.8 Å². The molecule has 6 heteroatoms. The number of ether oxygens (including phenoxy) is 1. The first-order valence-electron chi connectivity index (χ1n) is 11.3. The molecule has 0 fully saturated rings. The summed E-state index contributed by atoms with van der Waals surface area (Å²) in [5, 5.41) is 10.7. The molecule has 0 bridgehead atoms. The third-order valence-electron chi connectivity index (χ3n) is 5.40. The fourth-order valence-corrected chi connectivity index (χ4v) is 4.44. The van der Waals surface area contributed by atoms with Crippen LogP contribution in [0.2, 0.25) is 0 Å². The second-order valence-electron chi connectivity index (χ2n) is 7.87. The van der Waals surface area contributed by atoms with Crippen molar-refractivity contribution in [3.63, 3.8) is 0 Å². The highest BCUT2D eigenvalue weighted by molar-refractivity contribution is 14.1. The summed E-state index contributed by atoms with van der Waals surface area (Å²) in [5.41, 5.74) is -0.207. The molecule has 0 saturated heterocycles. The van der Waals surface area contributed by atoms with E-state index in [2.05, 4.69) is 34.5 Å². The van der Waals surface area contributed by atoms with Gasteiger partial charge in [-0.2, -0.15) is 0 Å². The Kier molecular flexibility index (Phi) is 11.3. The zero-order chi connectivity index (χ0) is 21.8. The first-order chi connectivity index (χ1) is 14.6. The Bertz CT molecular complexity index is 862. The predicted octanol–water partition coefficient (Wildman–Crippen LogP) is 6.70. The number of rotatable bonds is 14. The molecule has 0 spiro atoms. The molecule has 0 unspecified atom stereocenters. The van der Waals surface area contributed by atoms with Crippen molar-refractivity contribution in [2.24, 2.45) is 0 Å². The van der Waals surface area contributed by atoms with Crippen molar-refractivity contribution in [3.8, 4) is 5.75 Å². The first-order valence-corrected chi connectivity index (χ1v) is 12.3. The molecule has 0 saturated carbocycles. The summed E-state index contributed by atoms with van der Waals surface area (Å²) in [7, 11) is 0. The van der Waals surface area contributed by atoms with Crippen molar-refractivity contribution >= 4 is 39.5 Å². The number of aromatic amines is 1. The van der Waals surface area contributed by atoms with E-state index in [1.165, 1.54) is 57.8 Å². The lowest BCUT2D eigenvalue weighted by Gasteiger charge is -2.10. The van der Waals surface area contributed by atoms with Crippen LogP contribution in [0.4, 0.5) is 0 Å². The third kappa shape index (κ3) is 7.60. The number of halogens is 1. The number of nitrogens with one attached hydrogen (secondary N) is 1. The minimum atomic E-state index is -0.679. The van der Waals surface area contributed by atoms with Crippen molar-refractivity contribution in [3.05, 3.63) is 37.7 Å². The Balaban J connectivity index is 1.68. The van der Waals surface area contributed by atoms with Gasteiger partial charge in [-0.05, 0) is 41.1 Å². The smallest absolute Gasteiger partial charge is 0.342 e. The van der Waals surface area contributed by atoms with Gasteiger partial charge in [0.2, 0.25) is 0 Å². The van der Waals surface area contributed by atoms with Gasteiger partial charge in [0.1, 0.15) is 5.56 Å². The Hall–Kier alpha value is -1.57. The van der Waals surface area contributed by atoms with Gasteiger partial charge in [-0.25, -0.2) is 4.79 Å². The summed E-state index contributed by atoms with van der Waals surface area (Å²) >= 11 is 2.08. The van der Waals surface area contributed by atoms with Crippen molar-refractivity contribution in [1.82, 2.24) is 4.98 Å². The summed E-state index contributed by atoms with van der Waals surface area (Å²) in [6.45, 7) is 2.55. The molecule has 0 aliphatic carbocycles. The van der Waals surface area contributed by atoms with Crippen LogP contribution in [-0.2, 0) is 4.74 Å². The number of carbonyl (C=O) groups is 1. The van der Waals surface area contributed by atoms with Gasteiger partial charge in [0.15, 0.2) is 5.75 Å². The molecule has 2 aromatic rings. The maximum atomic E-state index is 12.5. The van der Waals surface area contributed by atoms with Crippen LogP contribution >= 0.6 is 22.6 Å². The summed E-state index contributed by atoms with van der Waals surface area (Å²) in [6.07, 6.45) is 14.9. The zero-order valence-electron chi connectivity index (χ0n) is 18.0. The second kappa shape index (κ2) is 13.7. The van der Waals surface area contributed by atoms with E-state index in [-0.39, 0.29) is 5.56 Å². The normalized spacial score (nSPS) is 11.1. The van der Waals surface area contributed by atoms with E-state index in [0.717, 1.165) is 22.8 Å². The van der Waals surface area contributed by atoms with E-state index in [9.17, 15) is 14.7 Å². The van der Waals surface area contributed by atoms with Gasteiger partial charge in [-0.3, -0.25) is 4.79 Å².